The van der Waals surface area contributed by atoms with Crippen LogP contribution in [-0.2, 0) is 4.79 Å². The van der Waals surface area contributed by atoms with Gasteiger partial charge >= 0.3 is 0 Å². The fourth-order valence-electron chi connectivity index (χ4n) is 3.10. The lowest BCUT2D eigenvalue weighted by Gasteiger charge is -2.32. The number of carbonyl (C=O) groups excluding carboxylic acids is 1. The van der Waals surface area contributed by atoms with Crippen LogP contribution in [0.4, 0.5) is 5.69 Å². The van der Waals surface area contributed by atoms with Gasteiger partial charge in [-0.15, -0.1) is 0 Å². The van der Waals surface area contributed by atoms with E-state index in [1.54, 1.807) is 12.0 Å². The molecule has 0 saturated carbocycles. The zero-order valence-corrected chi connectivity index (χ0v) is 12.6. The Hall–Kier alpha value is -1.55. The molecule has 0 bridgehead atoms. The molecule has 1 saturated heterocycles. The van der Waals surface area contributed by atoms with Crippen LogP contribution in [0, 0.1) is 5.41 Å². The number of hydrogen-bond donors (Lipinski definition) is 1. The number of amides is 1. The van der Waals surface area contributed by atoms with Crippen molar-refractivity contribution in [1.29, 1.82) is 0 Å². The van der Waals surface area contributed by atoms with Crippen molar-refractivity contribution >= 4 is 11.6 Å². The van der Waals surface area contributed by atoms with E-state index in [1.807, 2.05) is 31.3 Å². The third-order valence-electron chi connectivity index (χ3n) is 4.18. The Morgan fingerprint density at radius 2 is 2.20 bits per heavy atom. The summed E-state index contributed by atoms with van der Waals surface area (Å²) in [5, 5.41) is 3.34. The highest BCUT2D eigenvalue weighted by molar-refractivity contribution is 5.98. The summed E-state index contributed by atoms with van der Waals surface area (Å²) in [7, 11) is 3.48. The molecule has 0 aromatic heterocycles. The van der Waals surface area contributed by atoms with Gasteiger partial charge in [-0.05, 0) is 31.5 Å². The van der Waals surface area contributed by atoms with E-state index in [0.717, 1.165) is 43.8 Å². The molecule has 1 amide bonds. The lowest BCUT2D eigenvalue weighted by molar-refractivity contribution is -0.127. The van der Waals surface area contributed by atoms with Crippen LogP contribution >= 0.6 is 0 Å². The molecule has 0 aliphatic carbocycles. The summed E-state index contributed by atoms with van der Waals surface area (Å²) >= 11 is 0. The molecule has 0 radical (unpaired) electrons. The van der Waals surface area contributed by atoms with Gasteiger partial charge < -0.3 is 15.0 Å². The summed E-state index contributed by atoms with van der Waals surface area (Å²) in [6, 6.07) is 7.66. The molecule has 4 heteroatoms. The van der Waals surface area contributed by atoms with Gasteiger partial charge in [0.2, 0.25) is 5.91 Å². The van der Waals surface area contributed by atoms with Crippen LogP contribution in [0.1, 0.15) is 26.2 Å². The highest BCUT2D eigenvalue weighted by Gasteiger charge is 2.42. The molecule has 1 aliphatic rings. The summed E-state index contributed by atoms with van der Waals surface area (Å²) in [5.74, 6) is 0.926. The van der Waals surface area contributed by atoms with Crippen LogP contribution in [0.15, 0.2) is 24.3 Å². The summed E-state index contributed by atoms with van der Waals surface area (Å²) in [6.45, 7) is 3.83. The van der Waals surface area contributed by atoms with Gasteiger partial charge in [0.05, 0.1) is 18.2 Å². The first-order chi connectivity index (χ1) is 9.64. The SMILES string of the molecule is CCCC1(C(=O)N(C)c2ccccc2OC)CCNC1. The van der Waals surface area contributed by atoms with Crippen molar-refractivity contribution in [3.8, 4) is 5.75 Å². The highest BCUT2D eigenvalue weighted by Crippen LogP contribution is 2.36. The van der Waals surface area contributed by atoms with Gasteiger partial charge in [0, 0.05) is 13.6 Å². The molecule has 1 N–H and O–H groups in total. The highest BCUT2D eigenvalue weighted by atomic mass is 16.5. The number of carbonyl (C=O) groups is 1. The number of methoxy groups -OCH3 is 1. The van der Waals surface area contributed by atoms with Gasteiger partial charge in [-0.1, -0.05) is 25.5 Å². The first-order valence-corrected chi connectivity index (χ1v) is 7.26. The van der Waals surface area contributed by atoms with E-state index < -0.39 is 0 Å². The number of hydrogen-bond acceptors (Lipinski definition) is 3. The fraction of sp³-hybridized carbons (Fsp3) is 0.562. The maximum Gasteiger partial charge on any atom is 0.234 e. The third kappa shape index (κ3) is 2.66. The van der Waals surface area contributed by atoms with Gasteiger partial charge in [-0.25, -0.2) is 0 Å². The quantitative estimate of drug-likeness (QED) is 0.898. The molecular weight excluding hydrogens is 252 g/mol. The molecule has 1 aromatic carbocycles. The van der Waals surface area contributed by atoms with Gasteiger partial charge in [0.25, 0.3) is 0 Å². The normalized spacial score (nSPS) is 21.8. The van der Waals surface area contributed by atoms with Gasteiger partial charge in [0.1, 0.15) is 5.75 Å². The second-order valence-corrected chi connectivity index (χ2v) is 5.49. The summed E-state index contributed by atoms with van der Waals surface area (Å²) < 4.78 is 5.36. The third-order valence-corrected chi connectivity index (χ3v) is 4.18. The Morgan fingerprint density at radius 3 is 2.80 bits per heavy atom. The number of para-hydroxylation sites is 2. The van der Waals surface area contributed by atoms with Gasteiger partial charge in [0.15, 0.2) is 0 Å². The van der Waals surface area contributed by atoms with Crippen LogP contribution in [0.5, 0.6) is 5.75 Å². The molecule has 4 nitrogen and oxygen atoms in total. The van der Waals surface area contributed by atoms with Crippen molar-refractivity contribution in [1.82, 2.24) is 5.32 Å². The average molecular weight is 276 g/mol. The Morgan fingerprint density at radius 1 is 1.45 bits per heavy atom. The van der Waals surface area contributed by atoms with E-state index in [1.165, 1.54) is 0 Å². The van der Waals surface area contributed by atoms with Crippen molar-refractivity contribution in [2.24, 2.45) is 5.41 Å². The Kier molecular flexibility index (Phi) is 4.65. The van der Waals surface area contributed by atoms with Crippen molar-refractivity contribution in [2.75, 3.05) is 32.1 Å². The first-order valence-electron chi connectivity index (χ1n) is 7.26. The molecule has 1 fully saturated rings. The van der Waals surface area contributed by atoms with Gasteiger partial charge in [-0.3, -0.25) is 4.79 Å². The number of anilines is 1. The van der Waals surface area contributed by atoms with Crippen molar-refractivity contribution in [3.63, 3.8) is 0 Å². The minimum Gasteiger partial charge on any atom is -0.495 e. The molecule has 2 rings (SSSR count). The number of ether oxygens (including phenoxy) is 1. The molecule has 1 aromatic rings. The predicted molar refractivity (Wildman–Crippen MR) is 81.2 cm³/mol. The van der Waals surface area contributed by atoms with Crippen LogP contribution in [0.2, 0.25) is 0 Å². The maximum atomic E-state index is 13.0. The van der Waals surface area contributed by atoms with E-state index in [9.17, 15) is 4.79 Å². The minimum absolute atomic E-state index is 0.189. The molecular formula is C16H24N2O2. The van der Waals surface area contributed by atoms with Crippen LogP contribution < -0.4 is 15.0 Å². The summed E-state index contributed by atoms with van der Waals surface area (Å²) in [6.07, 6.45) is 2.87. The van der Waals surface area contributed by atoms with E-state index in [-0.39, 0.29) is 11.3 Å². The topological polar surface area (TPSA) is 41.6 Å². The second kappa shape index (κ2) is 6.27. The largest absolute Gasteiger partial charge is 0.495 e. The lowest BCUT2D eigenvalue weighted by atomic mass is 9.81. The Labute approximate surface area is 121 Å². The maximum absolute atomic E-state index is 13.0. The summed E-state index contributed by atoms with van der Waals surface area (Å²) in [5.41, 5.74) is 0.576. The molecule has 1 aliphatic heterocycles. The average Bonchev–Trinajstić information content (AvgIpc) is 2.96. The van der Waals surface area contributed by atoms with E-state index in [4.69, 9.17) is 4.74 Å². The fourth-order valence-corrected chi connectivity index (χ4v) is 3.10. The zero-order valence-electron chi connectivity index (χ0n) is 12.6. The van der Waals surface area contributed by atoms with Crippen LogP contribution in [0.3, 0.4) is 0 Å². The molecule has 20 heavy (non-hydrogen) atoms. The van der Waals surface area contributed by atoms with Crippen LogP contribution in [-0.4, -0.2) is 33.2 Å². The summed E-state index contributed by atoms with van der Waals surface area (Å²) in [4.78, 5) is 14.7. The second-order valence-electron chi connectivity index (χ2n) is 5.49. The lowest BCUT2D eigenvalue weighted by Crippen LogP contribution is -2.43. The molecule has 110 valence electrons. The van der Waals surface area contributed by atoms with Crippen molar-refractivity contribution in [3.05, 3.63) is 24.3 Å². The number of benzene rings is 1. The Balaban J connectivity index is 2.27. The smallest absolute Gasteiger partial charge is 0.234 e. The standard InChI is InChI=1S/C16H24N2O2/c1-4-9-16(10-11-17-12-16)15(19)18(2)13-7-5-6-8-14(13)20-3/h5-8,17H,4,9-12H2,1-3H3. The molecule has 1 atom stereocenters. The molecule has 1 unspecified atom stereocenters. The van der Waals surface area contributed by atoms with Crippen molar-refractivity contribution < 1.29 is 9.53 Å². The molecule has 1 heterocycles. The van der Waals surface area contributed by atoms with E-state index in [0.29, 0.717) is 0 Å². The number of rotatable bonds is 5. The first kappa shape index (κ1) is 14.9. The van der Waals surface area contributed by atoms with Crippen LogP contribution in [0.25, 0.3) is 0 Å². The van der Waals surface area contributed by atoms with Gasteiger partial charge in [-0.2, -0.15) is 0 Å². The predicted octanol–water partition coefficient (Wildman–Crippen LogP) is 2.44. The Bertz CT molecular complexity index is 467. The zero-order chi connectivity index (χ0) is 14.6. The number of nitrogens with zero attached hydrogens (tertiary/aromatic N) is 1. The minimum atomic E-state index is -0.260. The van der Waals surface area contributed by atoms with E-state index >= 15 is 0 Å². The van der Waals surface area contributed by atoms with E-state index in [2.05, 4.69) is 12.2 Å². The number of nitrogens with one attached hydrogen (secondary N) is 1. The molecule has 0 spiro atoms. The monoisotopic (exact) mass is 276 g/mol. The van der Waals surface area contributed by atoms with Crippen molar-refractivity contribution in [2.45, 2.75) is 26.2 Å².